The van der Waals surface area contributed by atoms with Crippen LogP contribution in [0.3, 0.4) is 0 Å². The Morgan fingerprint density at radius 2 is 0.568 bits per heavy atom. The summed E-state index contributed by atoms with van der Waals surface area (Å²) >= 11 is 0. The lowest BCUT2D eigenvalue weighted by molar-refractivity contribution is -0.161. The number of hydrogen-bond acceptors (Lipinski definition) is 15. The third kappa shape index (κ3) is 56.9. The molecule has 5 atom stereocenters. The highest BCUT2D eigenvalue weighted by atomic mass is 31.2. The van der Waals surface area contributed by atoms with Crippen LogP contribution < -0.4 is 0 Å². The van der Waals surface area contributed by atoms with Crippen molar-refractivity contribution in [1.29, 1.82) is 0 Å². The molecule has 0 rings (SSSR count). The Bertz CT molecular complexity index is 1600. The molecular formula is C62H120O17P2. The molecular weight excluding hydrogens is 1080 g/mol. The smallest absolute Gasteiger partial charge is 0.462 e. The van der Waals surface area contributed by atoms with Gasteiger partial charge in [-0.15, -0.1) is 0 Å². The van der Waals surface area contributed by atoms with Crippen molar-refractivity contribution >= 4 is 39.5 Å². The third-order valence-corrected chi connectivity index (χ3v) is 16.1. The van der Waals surface area contributed by atoms with Crippen molar-refractivity contribution in [3.05, 3.63) is 0 Å². The van der Waals surface area contributed by atoms with E-state index in [0.717, 1.165) is 108 Å². The molecule has 0 aliphatic heterocycles. The minimum absolute atomic E-state index is 0.105. The molecule has 0 aliphatic rings. The van der Waals surface area contributed by atoms with Gasteiger partial charge in [-0.2, -0.15) is 0 Å². The molecule has 0 fully saturated rings. The van der Waals surface area contributed by atoms with Gasteiger partial charge < -0.3 is 33.8 Å². The van der Waals surface area contributed by atoms with Gasteiger partial charge in [0.15, 0.2) is 12.2 Å². The van der Waals surface area contributed by atoms with Crippen LogP contribution in [0.25, 0.3) is 0 Å². The zero-order valence-corrected chi connectivity index (χ0v) is 53.9. The van der Waals surface area contributed by atoms with Gasteiger partial charge in [-0.25, -0.2) is 9.13 Å². The molecule has 0 bridgehead atoms. The van der Waals surface area contributed by atoms with E-state index in [-0.39, 0.29) is 25.7 Å². The van der Waals surface area contributed by atoms with E-state index >= 15 is 0 Å². The summed E-state index contributed by atoms with van der Waals surface area (Å²) in [7, 11) is -9.87. The third-order valence-electron chi connectivity index (χ3n) is 14.2. The van der Waals surface area contributed by atoms with Gasteiger partial charge in [-0.05, 0) is 37.5 Å². The summed E-state index contributed by atoms with van der Waals surface area (Å²) in [5.74, 6) is -0.628. The largest absolute Gasteiger partial charge is 0.472 e. The van der Waals surface area contributed by atoms with Crippen LogP contribution in [0.1, 0.15) is 305 Å². The summed E-state index contributed by atoms with van der Waals surface area (Å²) in [6.07, 6.45) is 36.5. The predicted molar refractivity (Wildman–Crippen MR) is 321 cm³/mol. The highest BCUT2D eigenvalue weighted by Gasteiger charge is 2.30. The first-order valence-corrected chi connectivity index (χ1v) is 35.5. The lowest BCUT2D eigenvalue weighted by Gasteiger charge is -2.21. The summed E-state index contributed by atoms with van der Waals surface area (Å²) in [4.78, 5) is 71.8. The fraction of sp³-hybridized carbons (Fsp3) is 0.935. The molecule has 19 heteroatoms. The first-order chi connectivity index (χ1) is 38.9. The Labute approximate surface area is 492 Å². The normalized spacial score (nSPS) is 14.4. The number of aliphatic hydroxyl groups excluding tert-OH is 1. The first-order valence-electron chi connectivity index (χ1n) is 32.5. The average molecular weight is 1200 g/mol. The summed E-state index contributed by atoms with van der Waals surface area (Å²) in [6.45, 7) is 9.37. The van der Waals surface area contributed by atoms with Gasteiger partial charge in [0.1, 0.15) is 19.3 Å². The van der Waals surface area contributed by atoms with E-state index in [1.165, 1.54) is 116 Å². The van der Waals surface area contributed by atoms with Crippen LogP contribution in [0.2, 0.25) is 0 Å². The standard InChI is InChI=1S/C62H120O17P2/c1-7-9-11-13-14-20-28-34-40-46-61(66)78-57(50-72-59(64)44-38-30-12-10-8-2)52-76-80(68,69)74-48-56(63)49-75-81(70,71)77-53-58(51-73-60(65)45-39-33-27-24-19-22-26-32-37-43-55(5)6)79-62(67)47-41-35-29-23-18-16-15-17-21-25-31-36-42-54(3)4/h54-58,63H,7-53H2,1-6H3,(H,68,69)(H,70,71)/t56-,57+,58+/m0/s1. The van der Waals surface area contributed by atoms with E-state index in [0.29, 0.717) is 25.7 Å². The molecule has 0 radical (unpaired) electrons. The molecule has 3 N–H and O–H groups in total. The highest BCUT2D eigenvalue weighted by molar-refractivity contribution is 7.47. The van der Waals surface area contributed by atoms with E-state index < -0.39 is 97.5 Å². The molecule has 0 spiro atoms. The number of unbranched alkanes of at least 4 members (excludes halogenated alkanes) is 31. The van der Waals surface area contributed by atoms with Crippen molar-refractivity contribution in [2.24, 2.45) is 11.8 Å². The van der Waals surface area contributed by atoms with Crippen molar-refractivity contribution in [3.8, 4) is 0 Å². The zero-order valence-electron chi connectivity index (χ0n) is 52.1. The van der Waals surface area contributed by atoms with E-state index in [1.807, 2.05) is 0 Å². The SMILES string of the molecule is CCCCCCCCCCCC(=O)O[C@H](COC(=O)CCCCCCC)COP(=O)(O)OC[C@H](O)COP(=O)(O)OC[C@@H](COC(=O)CCCCCCCCCCCC(C)C)OC(=O)CCCCCCCCCCCCCCC(C)C. The molecule has 81 heavy (non-hydrogen) atoms. The summed E-state index contributed by atoms with van der Waals surface area (Å²) in [5.41, 5.74) is 0. The van der Waals surface area contributed by atoms with Gasteiger partial charge in [0.05, 0.1) is 26.4 Å². The maximum atomic E-state index is 13.0. The van der Waals surface area contributed by atoms with Crippen molar-refractivity contribution in [2.75, 3.05) is 39.6 Å². The number of phosphoric acid groups is 2. The number of carbonyl (C=O) groups excluding carboxylic acids is 4. The van der Waals surface area contributed by atoms with Crippen molar-refractivity contribution in [2.45, 2.75) is 323 Å². The molecule has 0 aliphatic carbocycles. The molecule has 0 aromatic carbocycles. The molecule has 0 aromatic heterocycles. The van der Waals surface area contributed by atoms with Crippen LogP contribution >= 0.6 is 15.6 Å². The Hall–Kier alpha value is -1.94. The Morgan fingerprint density at radius 3 is 0.840 bits per heavy atom. The number of hydrogen-bond donors (Lipinski definition) is 3. The molecule has 0 aromatic rings. The highest BCUT2D eigenvalue weighted by Crippen LogP contribution is 2.45. The second kappa shape index (κ2) is 54.7. The molecule has 0 heterocycles. The number of aliphatic hydroxyl groups is 1. The fourth-order valence-corrected chi connectivity index (χ4v) is 10.8. The number of rotatable bonds is 61. The topological polar surface area (TPSA) is 237 Å². The Kier molecular flexibility index (Phi) is 53.4. The number of esters is 4. The maximum absolute atomic E-state index is 13.0. The van der Waals surface area contributed by atoms with Crippen molar-refractivity contribution in [3.63, 3.8) is 0 Å². The maximum Gasteiger partial charge on any atom is 0.472 e. The van der Waals surface area contributed by atoms with Gasteiger partial charge >= 0.3 is 39.5 Å². The monoisotopic (exact) mass is 1200 g/mol. The lowest BCUT2D eigenvalue weighted by Crippen LogP contribution is -2.30. The summed E-state index contributed by atoms with van der Waals surface area (Å²) in [5, 5.41) is 10.5. The van der Waals surface area contributed by atoms with Crippen LogP contribution in [0.15, 0.2) is 0 Å². The summed E-state index contributed by atoms with van der Waals surface area (Å²) in [6, 6.07) is 0. The van der Waals surface area contributed by atoms with Gasteiger partial charge in [0, 0.05) is 25.7 Å². The second-order valence-electron chi connectivity index (χ2n) is 23.4. The Balaban J connectivity index is 5.17. The molecule has 2 unspecified atom stereocenters. The fourth-order valence-electron chi connectivity index (χ4n) is 9.18. The van der Waals surface area contributed by atoms with Crippen LogP contribution in [0.4, 0.5) is 0 Å². The van der Waals surface area contributed by atoms with Gasteiger partial charge in [0.2, 0.25) is 0 Å². The van der Waals surface area contributed by atoms with Crippen LogP contribution in [0.5, 0.6) is 0 Å². The molecule has 0 saturated carbocycles. The molecule has 0 amide bonds. The quantitative estimate of drug-likeness (QED) is 0.0222. The van der Waals surface area contributed by atoms with Crippen LogP contribution in [-0.2, 0) is 65.4 Å². The minimum Gasteiger partial charge on any atom is -0.462 e. The first kappa shape index (κ1) is 79.1. The van der Waals surface area contributed by atoms with E-state index in [9.17, 15) is 43.2 Å². The lowest BCUT2D eigenvalue weighted by atomic mass is 10.0. The second-order valence-corrected chi connectivity index (χ2v) is 26.3. The van der Waals surface area contributed by atoms with Crippen LogP contribution in [-0.4, -0.2) is 96.7 Å². The van der Waals surface area contributed by atoms with Gasteiger partial charge in [-0.1, -0.05) is 253 Å². The van der Waals surface area contributed by atoms with Crippen LogP contribution in [0, 0.1) is 11.8 Å². The zero-order chi connectivity index (χ0) is 60.1. The summed E-state index contributed by atoms with van der Waals surface area (Å²) < 4.78 is 67.7. The molecule has 0 saturated heterocycles. The molecule has 480 valence electrons. The predicted octanol–water partition coefficient (Wildman–Crippen LogP) is 16.9. The number of phosphoric ester groups is 2. The number of ether oxygens (including phenoxy) is 4. The van der Waals surface area contributed by atoms with E-state index in [1.54, 1.807) is 0 Å². The van der Waals surface area contributed by atoms with E-state index in [2.05, 4.69) is 41.5 Å². The van der Waals surface area contributed by atoms with E-state index in [4.69, 9.17) is 37.0 Å². The van der Waals surface area contributed by atoms with Crippen molar-refractivity contribution < 1.29 is 80.2 Å². The Morgan fingerprint density at radius 1 is 0.333 bits per heavy atom. The number of carbonyl (C=O) groups is 4. The average Bonchev–Trinajstić information content (AvgIpc) is 3.42. The van der Waals surface area contributed by atoms with Crippen molar-refractivity contribution in [1.82, 2.24) is 0 Å². The van der Waals surface area contributed by atoms with Gasteiger partial charge in [-0.3, -0.25) is 37.3 Å². The van der Waals surface area contributed by atoms with Gasteiger partial charge in [0.25, 0.3) is 0 Å². The minimum atomic E-state index is -4.94. The molecule has 17 nitrogen and oxygen atoms in total.